The molecule has 0 spiro atoms. The molecular weight excluding hydrogens is 350 g/mol. The monoisotopic (exact) mass is 373 g/mol. The summed E-state index contributed by atoms with van der Waals surface area (Å²) in [6, 6.07) is 4.55. The van der Waals surface area contributed by atoms with Gasteiger partial charge in [0.15, 0.2) is 0 Å². The SMILES string of the molecule is C=C(C)C(=O)OCOC(=O)c1ccc(NC(=O)CCCN)cc1C#CCN. The van der Waals surface area contributed by atoms with Gasteiger partial charge in [-0.25, -0.2) is 9.59 Å². The largest absolute Gasteiger partial charge is 0.425 e. The molecule has 8 nitrogen and oxygen atoms in total. The minimum Gasteiger partial charge on any atom is -0.425 e. The number of ether oxygens (including phenoxy) is 2. The lowest BCUT2D eigenvalue weighted by Crippen LogP contribution is -2.15. The number of carbonyl (C=O) groups excluding carboxylic acids is 3. The summed E-state index contributed by atoms with van der Waals surface area (Å²) in [6.07, 6.45) is 0.858. The van der Waals surface area contributed by atoms with E-state index in [1.165, 1.54) is 13.0 Å². The zero-order valence-corrected chi connectivity index (χ0v) is 15.2. The van der Waals surface area contributed by atoms with Gasteiger partial charge in [0.25, 0.3) is 0 Å². The number of amides is 1. The van der Waals surface area contributed by atoms with Crippen molar-refractivity contribution in [1.82, 2.24) is 0 Å². The molecule has 0 aliphatic heterocycles. The van der Waals surface area contributed by atoms with Crippen LogP contribution in [0.3, 0.4) is 0 Å². The number of esters is 2. The maximum absolute atomic E-state index is 12.2. The molecule has 27 heavy (non-hydrogen) atoms. The van der Waals surface area contributed by atoms with Crippen molar-refractivity contribution < 1.29 is 23.9 Å². The Balaban J connectivity index is 2.88. The molecule has 5 N–H and O–H groups in total. The second-order valence-electron chi connectivity index (χ2n) is 5.47. The molecule has 0 aliphatic carbocycles. The van der Waals surface area contributed by atoms with Crippen LogP contribution in [0, 0.1) is 11.8 Å². The van der Waals surface area contributed by atoms with Crippen molar-refractivity contribution >= 4 is 23.5 Å². The van der Waals surface area contributed by atoms with Crippen LogP contribution in [0.1, 0.15) is 35.7 Å². The van der Waals surface area contributed by atoms with Crippen LogP contribution in [0.5, 0.6) is 0 Å². The molecule has 0 unspecified atom stereocenters. The zero-order chi connectivity index (χ0) is 20.2. The van der Waals surface area contributed by atoms with E-state index in [2.05, 4.69) is 23.7 Å². The van der Waals surface area contributed by atoms with Gasteiger partial charge in [-0.15, -0.1) is 0 Å². The van der Waals surface area contributed by atoms with E-state index in [9.17, 15) is 14.4 Å². The first kappa shape index (κ1) is 21.9. The molecule has 0 heterocycles. The van der Waals surface area contributed by atoms with E-state index in [1.54, 1.807) is 12.1 Å². The molecule has 8 heteroatoms. The first-order valence-corrected chi connectivity index (χ1v) is 8.21. The van der Waals surface area contributed by atoms with Crippen LogP contribution >= 0.6 is 0 Å². The lowest BCUT2D eigenvalue weighted by atomic mass is 10.1. The van der Waals surface area contributed by atoms with Gasteiger partial charge in [0, 0.05) is 23.2 Å². The average molecular weight is 373 g/mol. The topological polar surface area (TPSA) is 134 Å². The second kappa shape index (κ2) is 11.5. The molecule has 0 radical (unpaired) electrons. The van der Waals surface area contributed by atoms with Crippen LogP contribution in [0.15, 0.2) is 30.4 Å². The third kappa shape index (κ3) is 7.73. The molecule has 0 saturated heterocycles. The number of benzene rings is 1. The Kier molecular flexibility index (Phi) is 9.29. The molecule has 0 bridgehead atoms. The van der Waals surface area contributed by atoms with Crippen molar-refractivity contribution in [2.24, 2.45) is 11.5 Å². The van der Waals surface area contributed by atoms with E-state index < -0.39 is 18.7 Å². The number of hydrogen-bond donors (Lipinski definition) is 3. The minimum absolute atomic E-state index is 0.0950. The fraction of sp³-hybridized carbons (Fsp3) is 0.316. The Bertz CT molecular complexity index is 777. The van der Waals surface area contributed by atoms with Gasteiger partial charge in [-0.1, -0.05) is 18.4 Å². The van der Waals surface area contributed by atoms with Crippen LogP contribution in [0.2, 0.25) is 0 Å². The third-order valence-corrected chi connectivity index (χ3v) is 3.18. The molecule has 1 aromatic rings. The van der Waals surface area contributed by atoms with Crippen LogP contribution in [-0.2, 0) is 19.1 Å². The van der Waals surface area contributed by atoms with Gasteiger partial charge < -0.3 is 26.3 Å². The Morgan fingerprint density at radius 3 is 2.59 bits per heavy atom. The summed E-state index contributed by atoms with van der Waals surface area (Å²) in [7, 11) is 0. The van der Waals surface area contributed by atoms with E-state index in [-0.39, 0.29) is 30.0 Å². The van der Waals surface area contributed by atoms with E-state index in [0.29, 0.717) is 24.2 Å². The number of nitrogens with one attached hydrogen (secondary N) is 1. The predicted octanol–water partition coefficient (Wildman–Crippen LogP) is 0.908. The van der Waals surface area contributed by atoms with Crippen molar-refractivity contribution in [3.8, 4) is 11.8 Å². The highest BCUT2D eigenvalue weighted by Gasteiger charge is 2.14. The fourth-order valence-corrected chi connectivity index (χ4v) is 1.87. The number of rotatable bonds is 8. The lowest BCUT2D eigenvalue weighted by Gasteiger charge is -2.10. The molecule has 1 amide bonds. The predicted molar refractivity (Wildman–Crippen MR) is 100 cm³/mol. The molecule has 0 atom stereocenters. The summed E-state index contributed by atoms with van der Waals surface area (Å²) in [5, 5.41) is 2.71. The van der Waals surface area contributed by atoms with Crippen molar-refractivity contribution in [2.75, 3.05) is 25.2 Å². The summed E-state index contributed by atoms with van der Waals surface area (Å²) in [5.41, 5.74) is 11.9. The molecule has 0 aliphatic rings. The first-order chi connectivity index (χ1) is 12.9. The molecule has 144 valence electrons. The van der Waals surface area contributed by atoms with E-state index in [1.807, 2.05) is 0 Å². The van der Waals surface area contributed by atoms with Crippen molar-refractivity contribution in [1.29, 1.82) is 0 Å². The first-order valence-electron chi connectivity index (χ1n) is 8.21. The van der Waals surface area contributed by atoms with Crippen LogP contribution < -0.4 is 16.8 Å². The summed E-state index contributed by atoms with van der Waals surface area (Å²) in [6.45, 7) is 4.86. The van der Waals surface area contributed by atoms with Crippen LogP contribution in [0.4, 0.5) is 5.69 Å². The highest BCUT2D eigenvalue weighted by Crippen LogP contribution is 2.17. The maximum Gasteiger partial charge on any atom is 0.342 e. The molecular formula is C19H23N3O5. The Hall–Kier alpha value is -3.15. The molecule has 0 saturated carbocycles. The minimum atomic E-state index is -0.730. The molecule has 0 aromatic heterocycles. The number of anilines is 1. The van der Waals surface area contributed by atoms with Gasteiger partial charge in [0.05, 0.1) is 12.1 Å². The third-order valence-electron chi connectivity index (χ3n) is 3.18. The van der Waals surface area contributed by atoms with Crippen LogP contribution in [-0.4, -0.2) is 37.7 Å². The fourth-order valence-electron chi connectivity index (χ4n) is 1.87. The Morgan fingerprint density at radius 2 is 1.96 bits per heavy atom. The van der Waals surface area contributed by atoms with E-state index >= 15 is 0 Å². The van der Waals surface area contributed by atoms with Gasteiger partial charge in [-0.05, 0) is 38.1 Å². The van der Waals surface area contributed by atoms with Gasteiger partial charge in [0.1, 0.15) is 0 Å². The Labute approximate surface area is 157 Å². The quantitative estimate of drug-likeness (QED) is 0.267. The lowest BCUT2D eigenvalue weighted by molar-refractivity contribution is -0.147. The molecule has 0 fully saturated rings. The van der Waals surface area contributed by atoms with Crippen molar-refractivity contribution in [2.45, 2.75) is 19.8 Å². The molecule has 1 rings (SSSR count). The molecule has 1 aromatic carbocycles. The summed E-state index contributed by atoms with van der Waals surface area (Å²) in [5.74, 6) is 3.82. The van der Waals surface area contributed by atoms with Crippen molar-refractivity contribution in [3.05, 3.63) is 41.5 Å². The van der Waals surface area contributed by atoms with Crippen molar-refractivity contribution in [3.63, 3.8) is 0 Å². The summed E-state index contributed by atoms with van der Waals surface area (Å²) in [4.78, 5) is 35.3. The van der Waals surface area contributed by atoms with Gasteiger partial charge in [-0.3, -0.25) is 4.79 Å². The van der Waals surface area contributed by atoms with E-state index in [0.717, 1.165) is 0 Å². The standard InChI is InChI=1S/C19H23N3O5/c1-13(2)18(24)26-12-27-19(25)16-8-7-15(11-14(16)5-3-9-20)22-17(23)6-4-10-21/h7-8,11H,1,4,6,9-10,12,20-21H2,2H3,(H,22,23). The number of nitrogens with two attached hydrogens (primary N) is 2. The smallest absolute Gasteiger partial charge is 0.342 e. The zero-order valence-electron chi connectivity index (χ0n) is 15.2. The average Bonchev–Trinajstić information content (AvgIpc) is 2.64. The summed E-state index contributed by atoms with van der Waals surface area (Å²) < 4.78 is 9.65. The van der Waals surface area contributed by atoms with Gasteiger partial charge >= 0.3 is 11.9 Å². The summed E-state index contributed by atoms with van der Waals surface area (Å²) >= 11 is 0. The second-order valence-corrected chi connectivity index (χ2v) is 5.47. The normalized spacial score (nSPS) is 9.59. The van der Waals surface area contributed by atoms with Gasteiger partial charge in [0.2, 0.25) is 12.7 Å². The number of carbonyl (C=O) groups is 3. The highest BCUT2D eigenvalue weighted by molar-refractivity contribution is 5.95. The Morgan fingerprint density at radius 1 is 1.22 bits per heavy atom. The van der Waals surface area contributed by atoms with Crippen LogP contribution in [0.25, 0.3) is 0 Å². The van der Waals surface area contributed by atoms with Gasteiger partial charge in [-0.2, -0.15) is 0 Å². The maximum atomic E-state index is 12.2. The van der Waals surface area contributed by atoms with E-state index in [4.69, 9.17) is 20.9 Å². The highest BCUT2D eigenvalue weighted by atomic mass is 16.7. The number of hydrogen-bond acceptors (Lipinski definition) is 7.